The van der Waals surface area contributed by atoms with Crippen LogP contribution in [0.2, 0.25) is 0 Å². The van der Waals surface area contributed by atoms with Gasteiger partial charge in [0.2, 0.25) is 5.89 Å². The third kappa shape index (κ3) is 4.05. The number of amides is 3. The molecule has 0 spiro atoms. The summed E-state index contributed by atoms with van der Waals surface area (Å²) >= 11 is 1.25. The smallest absolute Gasteiger partial charge is 0.341 e. The molecule has 8 nitrogen and oxygen atoms in total. The van der Waals surface area contributed by atoms with Gasteiger partial charge in [0.25, 0.3) is 5.91 Å². The van der Waals surface area contributed by atoms with Gasteiger partial charge in [-0.15, -0.1) is 11.3 Å². The molecule has 0 radical (unpaired) electrons. The molecule has 2 N–H and O–H groups in total. The molecule has 1 saturated heterocycles. The molecule has 3 amide bonds. The highest BCUT2D eigenvalue weighted by molar-refractivity contribution is 7.18. The summed E-state index contributed by atoms with van der Waals surface area (Å²) in [5, 5.41) is 4.92. The zero-order valence-electron chi connectivity index (χ0n) is 16.4. The predicted molar refractivity (Wildman–Crippen MR) is 109 cm³/mol. The van der Waals surface area contributed by atoms with Crippen LogP contribution in [0.4, 0.5) is 14.2 Å². The average Bonchev–Trinajstić information content (AvgIpc) is 3.42. The maximum absolute atomic E-state index is 13.1. The number of benzene rings is 1. The van der Waals surface area contributed by atoms with Crippen molar-refractivity contribution in [2.24, 2.45) is 0 Å². The number of carbonyl (C=O) groups excluding carboxylic acids is 2. The highest BCUT2D eigenvalue weighted by Gasteiger charge is 2.36. The van der Waals surface area contributed by atoms with E-state index in [1.165, 1.54) is 40.9 Å². The van der Waals surface area contributed by atoms with Gasteiger partial charge in [0.05, 0.1) is 24.2 Å². The number of carbonyl (C=O) groups is 2. The molecule has 0 aliphatic carbocycles. The third-order valence-electron chi connectivity index (χ3n) is 4.65. The molecular weight excluding hydrogens is 409 g/mol. The van der Waals surface area contributed by atoms with Gasteiger partial charge in [-0.2, -0.15) is 0 Å². The van der Waals surface area contributed by atoms with Crippen molar-refractivity contribution in [3.8, 4) is 0 Å². The van der Waals surface area contributed by atoms with Crippen molar-refractivity contribution in [1.82, 2.24) is 20.7 Å². The maximum atomic E-state index is 13.1. The Labute approximate surface area is 176 Å². The number of rotatable bonds is 6. The normalized spacial score (nSPS) is 16.4. The van der Waals surface area contributed by atoms with Gasteiger partial charge in [-0.05, 0) is 43.2 Å². The fraction of sp³-hybridized carbons (Fsp3) is 0.250. The molecule has 10 heteroatoms. The van der Waals surface area contributed by atoms with Crippen molar-refractivity contribution >= 4 is 28.3 Å². The Morgan fingerprint density at radius 1 is 1.37 bits per heavy atom. The number of anilines is 1. The Hall–Kier alpha value is -3.24. The van der Waals surface area contributed by atoms with Crippen LogP contribution in [0.15, 0.2) is 47.2 Å². The lowest BCUT2D eigenvalue weighted by molar-refractivity contribution is 0.0950. The van der Waals surface area contributed by atoms with Crippen molar-refractivity contribution in [3.63, 3.8) is 0 Å². The van der Waals surface area contributed by atoms with Gasteiger partial charge in [-0.3, -0.25) is 14.7 Å². The first-order valence-electron chi connectivity index (χ1n) is 9.30. The van der Waals surface area contributed by atoms with Crippen LogP contribution in [0, 0.1) is 12.7 Å². The topological polar surface area (TPSA) is 90.7 Å². The van der Waals surface area contributed by atoms with Crippen LogP contribution in [0.3, 0.4) is 0 Å². The molecule has 1 aliphatic heterocycles. The quantitative estimate of drug-likeness (QED) is 0.627. The lowest BCUT2D eigenvalue weighted by atomic mass is 10.2. The summed E-state index contributed by atoms with van der Waals surface area (Å²) in [6, 6.07) is 7.60. The van der Waals surface area contributed by atoms with Gasteiger partial charge < -0.3 is 9.73 Å². The number of aromatic nitrogens is 1. The third-order valence-corrected chi connectivity index (χ3v) is 5.89. The number of hydrazine groups is 1. The Kier molecular flexibility index (Phi) is 5.51. The van der Waals surface area contributed by atoms with Gasteiger partial charge in [-0.25, -0.2) is 19.6 Å². The molecule has 1 aromatic carbocycles. The first kappa shape index (κ1) is 20.0. The number of urea groups is 1. The molecule has 2 aromatic heterocycles. The Bertz CT molecular complexity index is 1050. The molecule has 1 aliphatic rings. The zero-order valence-corrected chi connectivity index (χ0v) is 17.2. The summed E-state index contributed by atoms with van der Waals surface area (Å²) in [6.07, 6.45) is 2.67. The van der Waals surface area contributed by atoms with E-state index in [-0.39, 0.29) is 30.5 Å². The second-order valence-corrected chi connectivity index (χ2v) is 7.91. The molecule has 4 rings (SSSR count). The van der Waals surface area contributed by atoms with Crippen molar-refractivity contribution < 1.29 is 18.4 Å². The molecule has 156 valence electrons. The lowest BCUT2D eigenvalue weighted by Crippen LogP contribution is -2.35. The van der Waals surface area contributed by atoms with Gasteiger partial charge in [0.1, 0.15) is 23.2 Å². The van der Waals surface area contributed by atoms with Crippen molar-refractivity contribution in [2.45, 2.75) is 33.1 Å². The number of hydrogen-bond acceptors (Lipinski definition) is 6. The summed E-state index contributed by atoms with van der Waals surface area (Å²) in [5.41, 5.74) is 4.70. The predicted octanol–water partition coefficient (Wildman–Crippen LogP) is 3.41. The fourth-order valence-corrected chi connectivity index (χ4v) is 4.36. The van der Waals surface area contributed by atoms with E-state index in [0.717, 1.165) is 11.1 Å². The van der Waals surface area contributed by atoms with Crippen LogP contribution in [0.25, 0.3) is 0 Å². The van der Waals surface area contributed by atoms with Crippen molar-refractivity contribution in [2.75, 3.05) is 4.90 Å². The molecule has 0 bridgehead atoms. The van der Waals surface area contributed by atoms with Crippen LogP contribution in [-0.4, -0.2) is 28.1 Å². The lowest BCUT2D eigenvalue weighted by Gasteiger charge is -2.17. The summed E-state index contributed by atoms with van der Waals surface area (Å²) in [5.74, 6) is -0.156. The van der Waals surface area contributed by atoms with Gasteiger partial charge in [0, 0.05) is 0 Å². The second kappa shape index (κ2) is 8.25. The minimum Gasteiger partial charge on any atom is -0.447 e. The van der Waals surface area contributed by atoms with Crippen molar-refractivity contribution in [1.29, 1.82) is 0 Å². The largest absolute Gasteiger partial charge is 0.447 e. The van der Waals surface area contributed by atoms with E-state index < -0.39 is 0 Å². The number of aryl methyl sites for hydroxylation is 1. The number of hydrogen-bond donors (Lipinski definition) is 2. The summed E-state index contributed by atoms with van der Waals surface area (Å²) < 4.78 is 18.2. The zero-order chi connectivity index (χ0) is 21.3. The standard InChI is InChI=1S/C20H20FN5O3S/c1-12-9-17(30-18(12)19(27)23-10-16-22-7-8-29-16)26-13(2)24-25(20(26)28)11-14-3-5-15(21)6-4-14/h3-9,13,24H,10-11H2,1-2H3,(H,23,27). The minimum atomic E-state index is -0.322. The van der Waals surface area contributed by atoms with E-state index in [0.29, 0.717) is 22.3 Å². The average molecular weight is 429 g/mol. The highest BCUT2D eigenvalue weighted by atomic mass is 32.1. The van der Waals surface area contributed by atoms with E-state index in [2.05, 4.69) is 15.7 Å². The van der Waals surface area contributed by atoms with E-state index in [1.807, 2.05) is 19.9 Å². The first-order valence-corrected chi connectivity index (χ1v) is 10.1. The monoisotopic (exact) mass is 429 g/mol. The van der Waals surface area contributed by atoms with E-state index >= 15 is 0 Å². The molecule has 1 unspecified atom stereocenters. The maximum Gasteiger partial charge on any atom is 0.341 e. The Balaban J connectivity index is 1.46. The van der Waals surface area contributed by atoms with Crippen LogP contribution < -0.4 is 15.6 Å². The SMILES string of the molecule is Cc1cc(N2C(=O)N(Cc3ccc(F)cc3)NC2C)sc1C(=O)NCc1ncco1. The van der Waals surface area contributed by atoms with Gasteiger partial charge >= 0.3 is 6.03 Å². The summed E-state index contributed by atoms with van der Waals surface area (Å²) in [7, 11) is 0. The summed E-state index contributed by atoms with van der Waals surface area (Å²) in [6.45, 7) is 4.17. The van der Waals surface area contributed by atoms with E-state index in [1.54, 1.807) is 17.0 Å². The Morgan fingerprint density at radius 2 is 2.13 bits per heavy atom. The number of nitrogens with one attached hydrogen (secondary N) is 2. The fourth-order valence-electron chi connectivity index (χ4n) is 3.19. The minimum absolute atomic E-state index is 0.185. The molecule has 30 heavy (non-hydrogen) atoms. The molecule has 0 saturated carbocycles. The highest BCUT2D eigenvalue weighted by Crippen LogP contribution is 2.33. The van der Waals surface area contributed by atoms with Crippen LogP contribution in [0.5, 0.6) is 0 Å². The Morgan fingerprint density at radius 3 is 2.83 bits per heavy atom. The number of thiophene rings is 1. The van der Waals surface area contributed by atoms with E-state index in [4.69, 9.17) is 4.42 Å². The molecular formula is C20H20FN5O3S. The molecule has 3 aromatic rings. The van der Waals surface area contributed by atoms with Crippen LogP contribution >= 0.6 is 11.3 Å². The van der Waals surface area contributed by atoms with Crippen LogP contribution in [-0.2, 0) is 13.1 Å². The van der Waals surface area contributed by atoms with Gasteiger partial charge in [0.15, 0.2) is 0 Å². The summed E-state index contributed by atoms with van der Waals surface area (Å²) in [4.78, 5) is 31.6. The number of oxazole rings is 1. The number of nitrogens with zero attached hydrogens (tertiary/aromatic N) is 3. The molecule has 1 fully saturated rings. The second-order valence-electron chi connectivity index (χ2n) is 6.88. The first-order chi connectivity index (χ1) is 14.4. The number of halogens is 1. The van der Waals surface area contributed by atoms with Crippen molar-refractivity contribution in [3.05, 3.63) is 70.5 Å². The van der Waals surface area contributed by atoms with E-state index in [9.17, 15) is 14.0 Å². The van der Waals surface area contributed by atoms with Crippen LogP contribution in [0.1, 0.15) is 33.6 Å². The molecule has 1 atom stereocenters. The molecule has 3 heterocycles. The van der Waals surface area contributed by atoms with Gasteiger partial charge in [-0.1, -0.05) is 12.1 Å².